The summed E-state index contributed by atoms with van der Waals surface area (Å²) in [5.74, 6) is 0. The minimum Gasteiger partial charge on any atom is -0.397 e. The largest absolute Gasteiger partial charge is 0.397 e. The lowest BCUT2D eigenvalue weighted by Gasteiger charge is -2.09. The SMILES string of the molecule is Cc1cnc(CNS(=O)(=O)c2cc(C)c(Cl)c(N)c2)cn1. The smallest absolute Gasteiger partial charge is 0.241 e. The maximum absolute atomic E-state index is 12.2. The average Bonchev–Trinajstić information content (AvgIpc) is 2.43. The number of nitrogens with zero attached hydrogens (tertiary/aromatic N) is 2. The highest BCUT2D eigenvalue weighted by Gasteiger charge is 2.16. The lowest BCUT2D eigenvalue weighted by Crippen LogP contribution is -2.24. The third-order valence-electron chi connectivity index (χ3n) is 2.84. The standard InChI is InChI=1S/C13H15ClN4O2S/c1-8-3-11(4-12(15)13(8)14)21(19,20)18-7-10-6-16-9(2)5-17-10/h3-6,18H,7,15H2,1-2H3. The van der Waals surface area contributed by atoms with Gasteiger partial charge in [0.1, 0.15) is 0 Å². The second-order valence-electron chi connectivity index (χ2n) is 4.62. The topological polar surface area (TPSA) is 98.0 Å². The molecule has 0 aliphatic rings. The first-order valence-electron chi connectivity index (χ1n) is 6.12. The number of sulfonamides is 1. The van der Waals surface area contributed by atoms with Gasteiger partial charge in [0.05, 0.1) is 39.7 Å². The van der Waals surface area contributed by atoms with Gasteiger partial charge in [-0.15, -0.1) is 0 Å². The van der Waals surface area contributed by atoms with Crippen molar-refractivity contribution < 1.29 is 8.42 Å². The van der Waals surface area contributed by atoms with Crippen molar-refractivity contribution in [2.24, 2.45) is 0 Å². The molecule has 0 fully saturated rings. The van der Waals surface area contributed by atoms with E-state index in [1.54, 1.807) is 20.0 Å². The number of nitrogens with one attached hydrogen (secondary N) is 1. The molecule has 2 rings (SSSR count). The van der Waals surface area contributed by atoms with E-state index in [1.165, 1.54) is 18.3 Å². The molecule has 1 aromatic heterocycles. The number of aromatic nitrogens is 2. The summed E-state index contributed by atoms with van der Waals surface area (Å²) in [5, 5.41) is 0.360. The van der Waals surface area contributed by atoms with E-state index in [0.29, 0.717) is 16.3 Å². The Balaban J connectivity index is 2.20. The van der Waals surface area contributed by atoms with Crippen LogP contribution in [0.25, 0.3) is 0 Å². The monoisotopic (exact) mass is 326 g/mol. The molecule has 112 valence electrons. The number of hydrogen-bond acceptors (Lipinski definition) is 5. The Morgan fingerprint density at radius 2 is 1.95 bits per heavy atom. The lowest BCUT2D eigenvalue weighted by atomic mass is 10.2. The van der Waals surface area contributed by atoms with Gasteiger partial charge in [0, 0.05) is 6.20 Å². The maximum Gasteiger partial charge on any atom is 0.241 e. The zero-order chi connectivity index (χ0) is 15.6. The first-order valence-corrected chi connectivity index (χ1v) is 7.98. The van der Waals surface area contributed by atoms with Crippen LogP contribution >= 0.6 is 11.6 Å². The van der Waals surface area contributed by atoms with Crippen molar-refractivity contribution >= 4 is 27.3 Å². The molecular weight excluding hydrogens is 312 g/mol. The molecule has 0 saturated carbocycles. The summed E-state index contributed by atoms with van der Waals surface area (Å²) in [4.78, 5) is 8.22. The first-order chi connectivity index (χ1) is 9.79. The predicted octanol–water partition coefficient (Wildman–Crippen LogP) is 1.81. The number of benzene rings is 1. The van der Waals surface area contributed by atoms with Crippen molar-refractivity contribution in [2.45, 2.75) is 25.3 Å². The third-order valence-corrected chi connectivity index (χ3v) is 4.74. The number of nitrogens with two attached hydrogens (primary N) is 1. The van der Waals surface area contributed by atoms with Gasteiger partial charge in [-0.25, -0.2) is 13.1 Å². The molecule has 0 spiro atoms. The Kier molecular flexibility index (Phi) is 4.46. The molecule has 0 bridgehead atoms. The first kappa shape index (κ1) is 15.7. The minimum atomic E-state index is -3.69. The van der Waals surface area contributed by atoms with Crippen LogP contribution in [0.4, 0.5) is 5.69 Å². The van der Waals surface area contributed by atoms with Crippen LogP contribution in [-0.4, -0.2) is 18.4 Å². The molecule has 0 radical (unpaired) electrons. The highest BCUT2D eigenvalue weighted by Crippen LogP contribution is 2.26. The second kappa shape index (κ2) is 5.97. The summed E-state index contributed by atoms with van der Waals surface area (Å²) in [5.41, 5.74) is 7.83. The van der Waals surface area contributed by atoms with Crippen LogP contribution in [0.1, 0.15) is 17.0 Å². The number of rotatable bonds is 4. The molecule has 6 nitrogen and oxygen atoms in total. The Hall–Kier alpha value is -1.70. The summed E-state index contributed by atoms with van der Waals surface area (Å²) in [6.45, 7) is 3.56. The molecule has 0 aliphatic carbocycles. The molecule has 1 heterocycles. The molecule has 8 heteroatoms. The zero-order valence-electron chi connectivity index (χ0n) is 11.6. The third kappa shape index (κ3) is 3.69. The fourth-order valence-corrected chi connectivity index (χ4v) is 2.91. The number of aryl methyl sites for hydroxylation is 2. The summed E-state index contributed by atoms with van der Waals surface area (Å²) >= 11 is 5.93. The Bertz CT molecular complexity index is 737. The van der Waals surface area contributed by atoms with Gasteiger partial charge in [-0.2, -0.15) is 0 Å². The normalized spacial score (nSPS) is 11.6. The van der Waals surface area contributed by atoms with E-state index < -0.39 is 10.0 Å². The van der Waals surface area contributed by atoms with Gasteiger partial charge < -0.3 is 5.73 Å². The molecule has 0 saturated heterocycles. The van der Waals surface area contributed by atoms with E-state index in [-0.39, 0.29) is 17.1 Å². The lowest BCUT2D eigenvalue weighted by molar-refractivity contribution is 0.580. The highest BCUT2D eigenvalue weighted by atomic mass is 35.5. The summed E-state index contributed by atoms with van der Waals surface area (Å²) in [6.07, 6.45) is 3.10. The maximum atomic E-state index is 12.2. The number of nitrogen functional groups attached to an aromatic ring is 1. The number of halogens is 1. The van der Waals surface area contributed by atoms with E-state index in [0.717, 1.165) is 5.69 Å². The van der Waals surface area contributed by atoms with E-state index >= 15 is 0 Å². The Labute approximate surface area is 128 Å². The van der Waals surface area contributed by atoms with Crippen molar-refractivity contribution in [3.05, 3.63) is 46.5 Å². The van der Waals surface area contributed by atoms with Crippen molar-refractivity contribution in [2.75, 3.05) is 5.73 Å². The fourth-order valence-electron chi connectivity index (χ4n) is 1.68. The van der Waals surface area contributed by atoms with E-state index in [9.17, 15) is 8.42 Å². The van der Waals surface area contributed by atoms with Gasteiger partial charge in [-0.3, -0.25) is 9.97 Å². The van der Waals surface area contributed by atoms with Gasteiger partial charge in [-0.1, -0.05) is 11.6 Å². The molecule has 2 aromatic rings. The number of hydrogen-bond donors (Lipinski definition) is 2. The van der Waals surface area contributed by atoms with Crippen molar-refractivity contribution in [1.29, 1.82) is 0 Å². The van der Waals surface area contributed by atoms with Gasteiger partial charge in [0.15, 0.2) is 0 Å². The Morgan fingerprint density at radius 1 is 1.24 bits per heavy atom. The molecule has 21 heavy (non-hydrogen) atoms. The fraction of sp³-hybridized carbons (Fsp3) is 0.231. The van der Waals surface area contributed by atoms with E-state index in [2.05, 4.69) is 14.7 Å². The van der Waals surface area contributed by atoms with Crippen molar-refractivity contribution in [1.82, 2.24) is 14.7 Å². The summed E-state index contributed by atoms with van der Waals surface area (Å²) in [7, 11) is -3.69. The van der Waals surface area contributed by atoms with Gasteiger partial charge in [0.25, 0.3) is 0 Å². The van der Waals surface area contributed by atoms with Crippen LogP contribution in [0, 0.1) is 13.8 Å². The van der Waals surface area contributed by atoms with Gasteiger partial charge in [0.2, 0.25) is 10.0 Å². The molecule has 0 atom stereocenters. The van der Waals surface area contributed by atoms with Crippen LogP contribution in [0.2, 0.25) is 5.02 Å². The van der Waals surface area contributed by atoms with Crippen LogP contribution in [0.5, 0.6) is 0 Å². The predicted molar refractivity (Wildman–Crippen MR) is 81.4 cm³/mol. The quantitative estimate of drug-likeness (QED) is 0.835. The van der Waals surface area contributed by atoms with Crippen LogP contribution < -0.4 is 10.5 Å². The van der Waals surface area contributed by atoms with Crippen molar-refractivity contribution in [3.63, 3.8) is 0 Å². The van der Waals surface area contributed by atoms with Crippen LogP contribution in [0.15, 0.2) is 29.4 Å². The molecule has 0 aliphatic heterocycles. The highest BCUT2D eigenvalue weighted by molar-refractivity contribution is 7.89. The molecule has 0 unspecified atom stereocenters. The molecule has 1 aromatic carbocycles. The Morgan fingerprint density at radius 3 is 2.52 bits per heavy atom. The van der Waals surface area contributed by atoms with E-state index in [1.807, 2.05) is 0 Å². The number of anilines is 1. The van der Waals surface area contributed by atoms with Gasteiger partial charge >= 0.3 is 0 Å². The van der Waals surface area contributed by atoms with Crippen LogP contribution in [0.3, 0.4) is 0 Å². The molecule has 3 N–H and O–H groups in total. The summed E-state index contributed by atoms with van der Waals surface area (Å²) in [6, 6.07) is 2.81. The van der Waals surface area contributed by atoms with Gasteiger partial charge in [-0.05, 0) is 31.5 Å². The molecular formula is C13H15ClN4O2S. The van der Waals surface area contributed by atoms with Crippen molar-refractivity contribution in [3.8, 4) is 0 Å². The zero-order valence-corrected chi connectivity index (χ0v) is 13.2. The molecule has 0 amide bonds. The van der Waals surface area contributed by atoms with E-state index in [4.69, 9.17) is 17.3 Å². The summed E-state index contributed by atoms with van der Waals surface area (Å²) < 4.78 is 26.9. The van der Waals surface area contributed by atoms with Crippen LogP contribution in [-0.2, 0) is 16.6 Å². The minimum absolute atomic E-state index is 0.0528. The average molecular weight is 327 g/mol. The second-order valence-corrected chi connectivity index (χ2v) is 6.76.